The van der Waals surface area contributed by atoms with Crippen molar-refractivity contribution < 1.29 is 9.53 Å². The molecule has 98 valence electrons. The fraction of sp³-hybridized carbons (Fsp3) is 0.929. The number of carbonyl (C=O) groups is 1. The van der Waals surface area contributed by atoms with Crippen LogP contribution in [0.2, 0.25) is 0 Å². The molecule has 2 aliphatic carbocycles. The van der Waals surface area contributed by atoms with E-state index in [1.807, 2.05) is 6.92 Å². The van der Waals surface area contributed by atoms with E-state index in [0.717, 1.165) is 37.5 Å². The summed E-state index contributed by atoms with van der Waals surface area (Å²) in [6.07, 6.45) is 9.42. The first kappa shape index (κ1) is 12.9. The van der Waals surface area contributed by atoms with Crippen LogP contribution < -0.4 is 5.73 Å². The molecule has 0 aromatic carbocycles. The molecule has 2 rings (SSSR count). The summed E-state index contributed by atoms with van der Waals surface area (Å²) in [5, 5.41) is 0. The van der Waals surface area contributed by atoms with Crippen LogP contribution >= 0.6 is 0 Å². The molecule has 0 unspecified atom stereocenters. The minimum absolute atomic E-state index is 0.190. The lowest BCUT2D eigenvalue weighted by Gasteiger charge is -2.37. The Hall–Kier alpha value is -0.570. The predicted octanol–water partition coefficient (Wildman–Crippen LogP) is 2.63. The number of nitrogens with two attached hydrogens (primary N) is 1. The lowest BCUT2D eigenvalue weighted by atomic mass is 9.72. The van der Waals surface area contributed by atoms with Crippen LogP contribution in [0.5, 0.6) is 0 Å². The zero-order chi connectivity index (χ0) is 12.3. The molecule has 2 aliphatic rings. The molecule has 0 heterocycles. The van der Waals surface area contributed by atoms with E-state index in [4.69, 9.17) is 10.5 Å². The molecule has 0 radical (unpaired) electrons. The second kappa shape index (κ2) is 5.38. The number of esters is 1. The van der Waals surface area contributed by atoms with Gasteiger partial charge in [0.05, 0.1) is 6.61 Å². The van der Waals surface area contributed by atoms with Gasteiger partial charge >= 0.3 is 5.97 Å². The zero-order valence-corrected chi connectivity index (χ0v) is 10.9. The third-order valence-electron chi connectivity index (χ3n) is 4.67. The fourth-order valence-electron chi connectivity index (χ4n) is 3.53. The van der Waals surface area contributed by atoms with E-state index in [1.54, 1.807) is 0 Å². The minimum atomic E-state index is -0.689. The Morgan fingerprint density at radius 2 is 1.71 bits per heavy atom. The highest BCUT2D eigenvalue weighted by molar-refractivity contribution is 5.80. The summed E-state index contributed by atoms with van der Waals surface area (Å²) in [4.78, 5) is 11.8. The summed E-state index contributed by atoms with van der Waals surface area (Å²) >= 11 is 0. The molecule has 0 aromatic heterocycles. The largest absolute Gasteiger partial charge is 0.465 e. The van der Waals surface area contributed by atoms with Crippen LogP contribution in [0.1, 0.15) is 58.3 Å². The van der Waals surface area contributed by atoms with Crippen molar-refractivity contribution in [1.29, 1.82) is 0 Å². The highest BCUT2D eigenvalue weighted by atomic mass is 16.5. The monoisotopic (exact) mass is 239 g/mol. The van der Waals surface area contributed by atoms with Gasteiger partial charge < -0.3 is 10.5 Å². The van der Waals surface area contributed by atoms with E-state index in [-0.39, 0.29) is 5.97 Å². The number of hydrogen-bond donors (Lipinski definition) is 1. The molecular formula is C14H25NO2. The van der Waals surface area contributed by atoms with Gasteiger partial charge in [-0.3, -0.25) is 4.79 Å². The van der Waals surface area contributed by atoms with Gasteiger partial charge in [0.15, 0.2) is 0 Å². The molecule has 0 aromatic rings. The van der Waals surface area contributed by atoms with Crippen molar-refractivity contribution in [2.75, 3.05) is 6.61 Å². The maximum atomic E-state index is 11.8. The standard InChI is InChI=1S/C14H25NO2/c1-2-17-13(16)14(15)9-7-12(8-10-14)11-5-3-4-6-11/h11-12H,2-10,15H2,1H3. The molecule has 2 N–H and O–H groups in total. The van der Waals surface area contributed by atoms with E-state index in [9.17, 15) is 4.79 Å². The highest BCUT2D eigenvalue weighted by Crippen LogP contribution is 2.41. The number of carbonyl (C=O) groups excluding carboxylic acids is 1. The van der Waals surface area contributed by atoms with Crippen molar-refractivity contribution in [3.05, 3.63) is 0 Å². The summed E-state index contributed by atoms with van der Waals surface area (Å²) in [5.41, 5.74) is 5.49. The van der Waals surface area contributed by atoms with Gasteiger partial charge in [0.1, 0.15) is 5.54 Å². The first-order chi connectivity index (χ1) is 8.15. The first-order valence-electron chi connectivity index (χ1n) is 7.12. The third kappa shape index (κ3) is 2.82. The molecule has 3 heteroatoms. The van der Waals surface area contributed by atoms with Crippen LogP contribution in [-0.4, -0.2) is 18.1 Å². The van der Waals surface area contributed by atoms with Crippen molar-refractivity contribution in [1.82, 2.24) is 0 Å². The lowest BCUT2D eigenvalue weighted by Crippen LogP contribution is -2.51. The van der Waals surface area contributed by atoms with Crippen molar-refractivity contribution in [3.63, 3.8) is 0 Å². The van der Waals surface area contributed by atoms with Crippen LogP contribution in [0.15, 0.2) is 0 Å². The molecule has 0 atom stereocenters. The van der Waals surface area contributed by atoms with Crippen molar-refractivity contribution in [2.45, 2.75) is 63.8 Å². The molecule has 0 spiro atoms. The van der Waals surface area contributed by atoms with Crippen molar-refractivity contribution in [2.24, 2.45) is 17.6 Å². The smallest absolute Gasteiger partial charge is 0.326 e. The summed E-state index contributed by atoms with van der Waals surface area (Å²) in [7, 11) is 0. The number of rotatable bonds is 3. The van der Waals surface area contributed by atoms with E-state index < -0.39 is 5.54 Å². The van der Waals surface area contributed by atoms with E-state index >= 15 is 0 Å². The van der Waals surface area contributed by atoms with Gasteiger partial charge in [-0.1, -0.05) is 25.7 Å². The predicted molar refractivity (Wildman–Crippen MR) is 67.5 cm³/mol. The maximum Gasteiger partial charge on any atom is 0.326 e. The topological polar surface area (TPSA) is 52.3 Å². The SMILES string of the molecule is CCOC(=O)C1(N)CCC(C2CCCC2)CC1. The van der Waals surface area contributed by atoms with Crippen LogP contribution in [0.3, 0.4) is 0 Å². The van der Waals surface area contributed by atoms with Gasteiger partial charge in [0, 0.05) is 0 Å². The zero-order valence-electron chi connectivity index (χ0n) is 10.9. The Balaban J connectivity index is 1.85. The summed E-state index contributed by atoms with van der Waals surface area (Å²) in [5.74, 6) is 1.52. The Morgan fingerprint density at radius 1 is 1.18 bits per heavy atom. The van der Waals surface area contributed by atoms with Gasteiger partial charge in [-0.25, -0.2) is 0 Å². The van der Waals surface area contributed by atoms with E-state index in [1.165, 1.54) is 25.7 Å². The lowest BCUT2D eigenvalue weighted by molar-refractivity contribution is -0.151. The van der Waals surface area contributed by atoms with Crippen molar-refractivity contribution in [3.8, 4) is 0 Å². The van der Waals surface area contributed by atoms with Gasteiger partial charge in [-0.2, -0.15) is 0 Å². The normalized spacial score (nSPS) is 34.8. The fourth-order valence-corrected chi connectivity index (χ4v) is 3.53. The Kier molecular flexibility index (Phi) is 4.08. The Morgan fingerprint density at radius 3 is 2.24 bits per heavy atom. The molecular weight excluding hydrogens is 214 g/mol. The second-order valence-corrected chi connectivity index (χ2v) is 5.76. The van der Waals surface area contributed by atoms with Crippen LogP contribution in [0.25, 0.3) is 0 Å². The van der Waals surface area contributed by atoms with E-state index in [0.29, 0.717) is 6.61 Å². The Labute approximate surface area is 104 Å². The van der Waals surface area contributed by atoms with Gasteiger partial charge in [0.25, 0.3) is 0 Å². The summed E-state index contributed by atoms with van der Waals surface area (Å²) in [6, 6.07) is 0. The minimum Gasteiger partial charge on any atom is -0.465 e. The third-order valence-corrected chi connectivity index (χ3v) is 4.67. The average Bonchev–Trinajstić information content (AvgIpc) is 2.84. The van der Waals surface area contributed by atoms with Crippen molar-refractivity contribution >= 4 is 5.97 Å². The first-order valence-corrected chi connectivity index (χ1v) is 7.12. The highest BCUT2D eigenvalue weighted by Gasteiger charge is 2.41. The van der Waals surface area contributed by atoms with Gasteiger partial charge in [-0.15, -0.1) is 0 Å². The molecule has 0 saturated heterocycles. The quantitative estimate of drug-likeness (QED) is 0.770. The van der Waals surface area contributed by atoms with E-state index in [2.05, 4.69) is 0 Å². The molecule has 3 nitrogen and oxygen atoms in total. The van der Waals surface area contributed by atoms with Crippen LogP contribution in [0.4, 0.5) is 0 Å². The average molecular weight is 239 g/mol. The molecule has 0 aliphatic heterocycles. The summed E-state index contributed by atoms with van der Waals surface area (Å²) in [6.45, 7) is 2.27. The Bertz CT molecular complexity index is 263. The number of hydrogen-bond acceptors (Lipinski definition) is 3. The van der Waals surface area contributed by atoms with Crippen LogP contribution in [-0.2, 0) is 9.53 Å². The molecule has 0 amide bonds. The molecule has 2 saturated carbocycles. The van der Waals surface area contributed by atoms with Gasteiger partial charge in [-0.05, 0) is 44.4 Å². The molecule has 0 bridgehead atoms. The molecule has 17 heavy (non-hydrogen) atoms. The second-order valence-electron chi connectivity index (χ2n) is 5.76. The maximum absolute atomic E-state index is 11.8. The number of ether oxygens (including phenoxy) is 1. The van der Waals surface area contributed by atoms with Crippen LogP contribution in [0, 0.1) is 11.8 Å². The molecule has 2 fully saturated rings. The summed E-state index contributed by atoms with van der Waals surface area (Å²) < 4.78 is 5.08. The van der Waals surface area contributed by atoms with Gasteiger partial charge in [0.2, 0.25) is 0 Å².